The van der Waals surface area contributed by atoms with E-state index in [9.17, 15) is 9.59 Å². The van der Waals surface area contributed by atoms with E-state index in [2.05, 4.69) is 10.3 Å². The number of rotatable bonds is 6. The van der Waals surface area contributed by atoms with Crippen LogP contribution in [-0.4, -0.2) is 15.5 Å². The molecular weight excluding hydrogens is 374 g/mol. The Morgan fingerprint density at radius 3 is 2.37 bits per heavy atom. The fraction of sp³-hybridized carbons (Fsp3) is 0.160. The summed E-state index contributed by atoms with van der Waals surface area (Å²) in [5.41, 5.74) is 3.72. The Morgan fingerprint density at radius 2 is 1.60 bits per heavy atom. The first kappa shape index (κ1) is 19.6. The molecule has 1 aromatic heterocycles. The predicted octanol–water partition coefficient (Wildman–Crippen LogP) is 4.00. The van der Waals surface area contributed by atoms with Gasteiger partial charge < -0.3 is 5.32 Å². The third-order valence-corrected chi connectivity index (χ3v) is 5.16. The molecule has 0 fully saturated rings. The lowest BCUT2D eigenvalue weighted by atomic mass is 9.97. The Balaban J connectivity index is 1.51. The molecule has 0 bridgehead atoms. The van der Waals surface area contributed by atoms with Crippen molar-refractivity contribution in [3.8, 4) is 0 Å². The second-order valence-electron chi connectivity index (χ2n) is 7.33. The molecule has 3 aromatic carbocycles. The van der Waals surface area contributed by atoms with Crippen LogP contribution in [0.5, 0.6) is 0 Å². The number of hydrogen-bond acceptors (Lipinski definition) is 3. The van der Waals surface area contributed by atoms with Gasteiger partial charge in [0.15, 0.2) is 0 Å². The molecule has 4 aromatic rings. The van der Waals surface area contributed by atoms with Gasteiger partial charge in [0.2, 0.25) is 5.91 Å². The van der Waals surface area contributed by atoms with Crippen molar-refractivity contribution in [2.24, 2.45) is 0 Å². The van der Waals surface area contributed by atoms with Gasteiger partial charge in [-0.2, -0.15) is 0 Å². The molecule has 1 amide bonds. The van der Waals surface area contributed by atoms with Crippen molar-refractivity contribution in [3.63, 3.8) is 0 Å². The fourth-order valence-corrected chi connectivity index (χ4v) is 3.48. The number of nitrogens with zero attached hydrogens (tertiary/aromatic N) is 2. The van der Waals surface area contributed by atoms with Gasteiger partial charge in [0.25, 0.3) is 5.56 Å². The molecule has 5 heteroatoms. The monoisotopic (exact) mass is 397 g/mol. The van der Waals surface area contributed by atoms with Crippen molar-refractivity contribution in [3.05, 3.63) is 112 Å². The molecule has 1 unspecified atom stereocenters. The lowest BCUT2D eigenvalue weighted by Crippen LogP contribution is -2.31. The summed E-state index contributed by atoms with van der Waals surface area (Å²) in [5.74, 6) is -0.121. The predicted molar refractivity (Wildman–Crippen MR) is 118 cm³/mol. The maximum Gasteiger partial charge on any atom is 0.261 e. The molecule has 1 atom stereocenters. The van der Waals surface area contributed by atoms with Crippen molar-refractivity contribution >= 4 is 16.8 Å². The quantitative estimate of drug-likeness (QED) is 0.535. The minimum absolute atomic E-state index is 0.121. The number of benzene rings is 3. The molecule has 0 spiro atoms. The summed E-state index contributed by atoms with van der Waals surface area (Å²) in [6.07, 6.45) is 1.70. The molecular formula is C25H23N3O2. The average molecular weight is 397 g/mol. The van der Waals surface area contributed by atoms with Gasteiger partial charge in [-0.1, -0.05) is 72.3 Å². The van der Waals surface area contributed by atoms with Gasteiger partial charge in [0.05, 0.1) is 23.3 Å². The highest BCUT2D eigenvalue weighted by atomic mass is 16.2. The first-order valence-corrected chi connectivity index (χ1v) is 9.97. The first-order chi connectivity index (χ1) is 14.6. The van der Waals surface area contributed by atoms with Crippen molar-refractivity contribution in [2.45, 2.75) is 25.9 Å². The Hall–Kier alpha value is -3.73. The molecule has 1 heterocycles. The largest absolute Gasteiger partial charge is 0.345 e. The lowest BCUT2D eigenvalue weighted by Gasteiger charge is -2.20. The second-order valence-corrected chi connectivity index (χ2v) is 7.33. The van der Waals surface area contributed by atoms with Crippen LogP contribution < -0.4 is 10.9 Å². The van der Waals surface area contributed by atoms with E-state index in [0.717, 1.165) is 11.1 Å². The lowest BCUT2D eigenvalue weighted by molar-refractivity contribution is -0.121. The normalized spacial score (nSPS) is 11.9. The third kappa shape index (κ3) is 4.30. The smallest absolute Gasteiger partial charge is 0.261 e. The summed E-state index contributed by atoms with van der Waals surface area (Å²) in [5, 5.41) is 3.68. The molecule has 150 valence electrons. The number of hydrogen-bond donors (Lipinski definition) is 1. The fourth-order valence-electron chi connectivity index (χ4n) is 3.48. The number of carbonyl (C=O) groups is 1. The highest BCUT2D eigenvalue weighted by Gasteiger charge is 2.17. The number of amides is 1. The Labute approximate surface area is 175 Å². The molecule has 0 aliphatic carbocycles. The molecule has 5 nitrogen and oxygen atoms in total. The van der Waals surface area contributed by atoms with Gasteiger partial charge in [-0.25, -0.2) is 4.98 Å². The minimum Gasteiger partial charge on any atom is -0.345 e. The van der Waals surface area contributed by atoms with Crippen LogP contribution in [0, 0.1) is 6.92 Å². The van der Waals surface area contributed by atoms with Crippen LogP contribution in [0.25, 0.3) is 10.9 Å². The molecule has 0 saturated carbocycles. The molecule has 1 N–H and O–H groups in total. The van der Waals surface area contributed by atoms with E-state index in [1.807, 2.05) is 73.7 Å². The van der Waals surface area contributed by atoms with E-state index < -0.39 is 0 Å². The van der Waals surface area contributed by atoms with Gasteiger partial charge in [0.1, 0.15) is 0 Å². The summed E-state index contributed by atoms with van der Waals surface area (Å²) < 4.78 is 1.49. The highest BCUT2D eigenvalue weighted by Crippen LogP contribution is 2.22. The zero-order valence-corrected chi connectivity index (χ0v) is 16.8. The number of carbonyl (C=O) groups excluding carboxylic acids is 1. The average Bonchev–Trinajstić information content (AvgIpc) is 2.78. The minimum atomic E-state index is -0.245. The number of nitrogens with one attached hydrogen (secondary N) is 1. The second kappa shape index (κ2) is 8.74. The highest BCUT2D eigenvalue weighted by molar-refractivity contribution is 5.78. The van der Waals surface area contributed by atoms with E-state index in [1.165, 1.54) is 16.5 Å². The van der Waals surface area contributed by atoms with Crippen molar-refractivity contribution in [1.82, 2.24) is 14.9 Å². The summed E-state index contributed by atoms with van der Waals surface area (Å²) in [6.45, 7) is 2.31. The van der Waals surface area contributed by atoms with Crippen molar-refractivity contribution in [2.75, 3.05) is 0 Å². The SMILES string of the molecule is Cc1ccc(C(NC(=O)CCn2cnc3ccccc3c2=O)c2ccccc2)cc1. The first-order valence-electron chi connectivity index (χ1n) is 9.97. The van der Waals surface area contributed by atoms with Gasteiger partial charge >= 0.3 is 0 Å². The molecule has 0 aliphatic heterocycles. The maximum absolute atomic E-state index is 12.8. The topological polar surface area (TPSA) is 64.0 Å². The molecule has 0 aliphatic rings. The maximum atomic E-state index is 12.8. The zero-order chi connectivity index (χ0) is 20.9. The van der Waals surface area contributed by atoms with E-state index in [4.69, 9.17) is 0 Å². The van der Waals surface area contributed by atoms with Crippen LogP contribution in [0.3, 0.4) is 0 Å². The molecule has 30 heavy (non-hydrogen) atoms. The van der Waals surface area contributed by atoms with E-state index in [-0.39, 0.29) is 30.5 Å². The summed E-state index contributed by atoms with van der Waals surface area (Å²) in [4.78, 5) is 29.7. The molecule has 4 rings (SSSR count). The van der Waals surface area contributed by atoms with Gasteiger partial charge in [-0.3, -0.25) is 14.2 Å². The Morgan fingerprint density at radius 1 is 0.933 bits per heavy atom. The van der Waals surface area contributed by atoms with Gasteiger partial charge in [-0.05, 0) is 30.2 Å². The van der Waals surface area contributed by atoms with Crippen LogP contribution in [0.2, 0.25) is 0 Å². The van der Waals surface area contributed by atoms with Gasteiger partial charge in [0, 0.05) is 13.0 Å². The van der Waals surface area contributed by atoms with Crippen LogP contribution >= 0.6 is 0 Å². The zero-order valence-electron chi connectivity index (χ0n) is 16.8. The van der Waals surface area contributed by atoms with Crippen molar-refractivity contribution < 1.29 is 4.79 Å². The molecule has 0 saturated heterocycles. The van der Waals surface area contributed by atoms with Crippen LogP contribution in [0.1, 0.15) is 29.2 Å². The summed E-state index contributed by atoms with van der Waals surface area (Å²) in [7, 11) is 0. The number of para-hydroxylation sites is 1. The van der Waals surface area contributed by atoms with Gasteiger partial charge in [-0.15, -0.1) is 0 Å². The summed E-state index contributed by atoms with van der Waals surface area (Å²) >= 11 is 0. The van der Waals surface area contributed by atoms with Crippen LogP contribution in [0.4, 0.5) is 0 Å². The summed E-state index contributed by atoms with van der Waals surface area (Å²) in [6, 6.07) is 25.0. The number of aromatic nitrogens is 2. The van der Waals surface area contributed by atoms with Crippen LogP contribution in [-0.2, 0) is 11.3 Å². The van der Waals surface area contributed by atoms with Crippen LogP contribution in [0.15, 0.2) is 90.0 Å². The third-order valence-electron chi connectivity index (χ3n) is 5.16. The van der Waals surface area contributed by atoms with E-state index >= 15 is 0 Å². The van der Waals surface area contributed by atoms with E-state index in [0.29, 0.717) is 10.9 Å². The van der Waals surface area contributed by atoms with E-state index in [1.54, 1.807) is 12.1 Å². The standard InChI is InChI=1S/C25H23N3O2/c1-18-11-13-20(14-12-18)24(19-7-3-2-4-8-19)27-23(29)15-16-28-17-26-22-10-6-5-9-21(22)25(28)30/h2-14,17,24H,15-16H2,1H3,(H,27,29). The number of fused-ring (bicyclic) bond motifs is 1. The number of aryl methyl sites for hydroxylation is 2. The molecule has 0 radical (unpaired) electrons. The Kier molecular flexibility index (Phi) is 5.70. The van der Waals surface area contributed by atoms with Crippen molar-refractivity contribution in [1.29, 1.82) is 0 Å². The Bertz CT molecular complexity index is 1210.